The maximum atomic E-state index is 16.3. The number of carbonyl (C=O) groups excluding carboxylic acids is 2. The van der Waals surface area contributed by atoms with Crippen LogP contribution in [-0.2, 0) is 15.8 Å². The van der Waals surface area contributed by atoms with Crippen LogP contribution in [0, 0.1) is 0 Å². The number of halogens is 2. The Morgan fingerprint density at radius 2 is 1.98 bits per heavy atom. The number of fused-ring (bicyclic) bond motifs is 2. The summed E-state index contributed by atoms with van der Waals surface area (Å²) in [6.07, 6.45) is 3.44. The first-order chi connectivity index (χ1) is 21.9. The number of oxazole rings is 1. The molecule has 46 heavy (non-hydrogen) atoms. The number of alkyl halides is 1. The topological polar surface area (TPSA) is 172 Å². The quantitative estimate of drug-likeness (QED) is 0.227. The highest BCUT2D eigenvalue weighted by atomic mass is 35.5. The number of nitrogens with two attached hydrogens (primary N) is 1. The van der Waals surface area contributed by atoms with Crippen molar-refractivity contribution in [2.24, 2.45) is 5.73 Å². The zero-order valence-electron chi connectivity index (χ0n) is 25.3. The van der Waals surface area contributed by atoms with Gasteiger partial charge in [0, 0.05) is 28.8 Å². The zero-order chi connectivity index (χ0) is 32.6. The average Bonchev–Trinajstić information content (AvgIpc) is 3.97. The molecule has 14 heteroatoms. The van der Waals surface area contributed by atoms with Gasteiger partial charge >= 0.3 is 0 Å². The number of primary amides is 1. The maximum Gasteiger partial charge on any atom is 0.251 e. The predicted molar refractivity (Wildman–Crippen MR) is 163 cm³/mol. The summed E-state index contributed by atoms with van der Waals surface area (Å²) >= 11 is 6.62. The molecule has 7 rings (SSSR count). The predicted octanol–water partition coefficient (Wildman–Crippen LogP) is 4.09. The third kappa shape index (κ3) is 4.63. The van der Waals surface area contributed by atoms with Gasteiger partial charge in [-0.25, -0.2) is 19.3 Å². The number of methoxy groups -OCH3 is 2. The Morgan fingerprint density at radius 3 is 2.63 bits per heavy atom. The van der Waals surface area contributed by atoms with Gasteiger partial charge in [0.15, 0.2) is 22.6 Å². The van der Waals surface area contributed by atoms with E-state index in [1.807, 2.05) is 0 Å². The molecule has 1 aromatic carbocycles. The number of benzene rings is 1. The minimum atomic E-state index is -2.32. The molecular weight excluding hydrogens is 621 g/mol. The van der Waals surface area contributed by atoms with Gasteiger partial charge in [-0.2, -0.15) is 0 Å². The molecule has 4 aromatic rings. The molecule has 3 aromatic heterocycles. The summed E-state index contributed by atoms with van der Waals surface area (Å²) < 4.78 is 38.9. The number of hydrogen-bond acceptors (Lipinski definition) is 10. The fraction of sp³-hybridized carbons (Fsp3) is 0.406. The van der Waals surface area contributed by atoms with Gasteiger partial charge < -0.3 is 34.8 Å². The molecule has 240 valence electrons. The van der Waals surface area contributed by atoms with Gasteiger partial charge in [-0.1, -0.05) is 11.6 Å². The summed E-state index contributed by atoms with van der Waals surface area (Å²) in [7, 11) is 2.86. The molecule has 0 radical (unpaired) electrons. The van der Waals surface area contributed by atoms with Crippen molar-refractivity contribution in [1.82, 2.24) is 20.3 Å². The van der Waals surface area contributed by atoms with Crippen LogP contribution in [0.5, 0.6) is 17.4 Å². The van der Waals surface area contributed by atoms with Crippen LogP contribution in [0.25, 0.3) is 22.4 Å². The van der Waals surface area contributed by atoms with Crippen molar-refractivity contribution >= 4 is 34.5 Å². The Morgan fingerprint density at radius 1 is 1.22 bits per heavy atom. The maximum absolute atomic E-state index is 16.3. The Hall–Kier alpha value is -4.49. The van der Waals surface area contributed by atoms with E-state index in [2.05, 4.69) is 20.3 Å². The zero-order valence-corrected chi connectivity index (χ0v) is 26.0. The first-order valence-electron chi connectivity index (χ1n) is 14.8. The second-order valence-electron chi connectivity index (χ2n) is 12.3. The van der Waals surface area contributed by atoms with Crippen LogP contribution >= 0.6 is 11.6 Å². The molecule has 2 amide bonds. The second-order valence-corrected chi connectivity index (χ2v) is 12.6. The van der Waals surface area contributed by atoms with Crippen molar-refractivity contribution in [3.63, 3.8) is 0 Å². The fourth-order valence-corrected chi connectivity index (χ4v) is 6.13. The number of nitrogens with one attached hydrogen (secondary N) is 1. The van der Waals surface area contributed by atoms with Crippen molar-refractivity contribution in [2.45, 2.75) is 55.2 Å². The van der Waals surface area contributed by atoms with E-state index in [0.29, 0.717) is 33.9 Å². The lowest BCUT2D eigenvalue weighted by molar-refractivity contribution is -0.123. The highest BCUT2D eigenvalue weighted by Crippen LogP contribution is 2.55. The van der Waals surface area contributed by atoms with Gasteiger partial charge in [-0.3, -0.25) is 9.59 Å². The number of pyridine rings is 2. The van der Waals surface area contributed by atoms with E-state index in [1.165, 1.54) is 38.6 Å². The summed E-state index contributed by atoms with van der Waals surface area (Å²) in [4.78, 5) is 39.5. The highest BCUT2D eigenvalue weighted by molar-refractivity contribution is 6.34. The standard InChI is InChI=1S/C32H31ClFN5O7/c1-30(29(35)41)14-45-25-18(30)12-21(38-23(25)17-6-9-36-28(44-3)22(17)33)32(42,31(34)7-8-31)13-37-26(40)16-10-19(43-2)24-20(11-16)46-27(39-24)15-4-5-15/h6,9-12,15,42H,4-5,7-8,13-14H2,1-3H3,(H2,35,41)(H,37,40)/t30-,32-/m0/s1. The fourth-order valence-electron chi connectivity index (χ4n) is 5.85. The van der Waals surface area contributed by atoms with Gasteiger partial charge in [0.05, 0.1) is 26.5 Å². The van der Waals surface area contributed by atoms with E-state index in [-0.39, 0.29) is 59.0 Å². The molecule has 4 N–H and O–H groups in total. The number of amides is 2. The molecule has 2 aliphatic carbocycles. The van der Waals surface area contributed by atoms with Crippen LogP contribution in [0.4, 0.5) is 4.39 Å². The Balaban J connectivity index is 1.30. The van der Waals surface area contributed by atoms with E-state index in [0.717, 1.165) is 12.8 Å². The number of nitrogens with zero attached hydrogens (tertiary/aromatic N) is 3. The van der Waals surface area contributed by atoms with Gasteiger partial charge in [0.25, 0.3) is 5.91 Å². The SMILES string of the molecule is COc1nccc(-c2nc([C@@](O)(CNC(=O)c3cc(OC)c4nc(C5CC5)oc4c3)C3(F)CC3)cc3c2OC[C@]3(C)C(N)=O)c1Cl. The molecule has 12 nitrogen and oxygen atoms in total. The van der Waals surface area contributed by atoms with Crippen molar-refractivity contribution in [3.05, 3.63) is 58.2 Å². The summed E-state index contributed by atoms with van der Waals surface area (Å²) in [5.41, 5.74) is 1.68. The molecule has 4 heterocycles. The van der Waals surface area contributed by atoms with Crippen molar-refractivity contribution < 1.29 is 37.7 Å². The molecule has 3 aliphatic rings. The van der Waals surface area contributed by atoms with Crippen LogP contribution in [0.3, 0.4) is 0 Å². The summed E-state index contributed by atoms with van der Waals surface area (Å²) in [6, 6.07) is 6.02. The molecule has 2 saturated carbocycles. The molecular formula is C32H31ClFN5O7. The summed E-state index contributed by atoms with van der Waals surface area (Å²) in [6.45, 7) is 0.924. The van der Waals surface area contributed by atoms with Crippen LogP contribution in [0.1, 0.15) is 66.0 Å². The Labute approximate surface area is 267 Å². The van der Waals surface area contributed by atoms with Crippen LogP contribution < -0.4 is 25.3 Å². The highest BCUT2D eigenvalue weighted by Gasteiger charge is 2.62. The van der Waals surface area contributed by atoms with Crippen molar-refractivity contribution in [1.29, 1.82) is 0 Å². The first kappa shape index (κ1) is 30.2. The number of ether oxygens (including phenoxy) is 3. The lowest BCUT2D eigenvalue weighted by Gasteiger charge is -2.33. The van der Waals surface area contributed by atoms with Gasteiger partial charge in [0.2, 0.25) is 11.8 Å². The molecule has 0 saturated heterocycles. The largest absolute Gasteiger partial charge is 0.494 e. The molecule has 0 spiro atoms. The molecule has 2 atom stereocenters. The molecule has 0 bridgehead atoms. The van der Waals surface area contributed by atoms with Gasteiger partial charge in [0.1, 0.15) is 39.9 Å². The number of aliphatic hydroxyl groups is 1. The van der Waals surface area contributed by atoms with E-state index in [4.69, 9.17) is 36.0 Å². The third-order valence-corrected chi connectivity index (χ3v) is 9.53. The molecule has 1 aliphatic heterocycles. The van der Waals surface area contributed by atoms with Gasteiger partial charge in [-0.15, -0.1) is 0 Å². The number of aromatic nitrogens is 3. The Kier molecular flexibility index (Phi) is 6.91. The average molecular weight is 652 g/mol. The minimum Gasteiger partial charge on any atom is -0.494 e. The first-order valence-corrected chi connectivity index (χ1v) is 15.2. The molecule has 0 unspecified atom stereocenters. The monoisotopic (exact) mass is 651 g/mol. The molecule has 2 fully saturated rings. The normalized spacial score (nSPS) is 20.8. The van der Waals surface area contributed by atoms with Crippen LogP contribution in [0.2, 0.25) is 5.02 Å². The minimum absolute atomic E-state index is 0.0165. The van der Waals surface area contributed by atoms with Gasteiger partial charge in [-0.05, 0) is 56.9 Å². The second kappa shape index (κ2) is 10.5. The summed E-state index contributed by atoms with van der Waals surface area (Å²) in [5.74, 6) is 0.190. The lowest BCUT2D eigenvalue weighted by atomic mass is 9.81. The van der Waals surface area contributed by atoms with E-state index >= 15 is 4.39 Å². The van der Waals surface area contributed by atoms with E-state index < -0.39 is 35.0 Å². The lowest BCUT2D eigenvalue weighted by Crippen LogP contribution is -2.49. The van der Waals surface area contributed by atoms with Crippen LogP contribution in [-0.4, -0.2) is 64.9 Å². The van der Waals surface area contributed by atoms with Crippen molar-refractivity contribution in [2.75, 3.05) is 27.4 Å². The van der Waals surface area contributed by atoms with E-state index in [1.54, 1.807) is 13.0 Å². The van der Waals surface area contributed by atoms with E-state index in [9.17, 15) is 14.7 Å². The van der Waals surface area contributed by atoms with Crippen molar-refractivity contribution in [3.8, 4) is 28.6 Å². The summed E-state index contributed by atoms with van der Waals surface area (Å²) in [5, 5.41) is 14.9. The Bertz CT molecular complexity index is 1930. The number of rotatable bonds is 10. The number of hydrogen-bond donors (Lipinski definition) is 3. The number of carbonyl (C=O) groups is 2. The third-order valence-electron chi connectivity index (χ3n) is 9.17. The smallest absolute Gasteiger partial charge is 0.251 e. The van der Waals surface area contributed by atoms with Crippen LogP contribution in [0.15, 0.2) is 34.9 Å².